The molecule has 0 aromatic carbocycles. The number of halogens is 2. The summed E-state index contributed by atoms with van der Waals surface area (Å²) in [6.45, 7) is 1.42. The van der Waals surface area contributed by atoms with Gasteiger partial charge in [0.1, 0.15) is 6.04 Å². The normalized spacial score (nSPS) is 10.4. The van der Waals surface area contributed by atoms with E-state index in [1.165, 1.54) is 6.92 Å². The van der Waals surface area contributed by atoms with Crippen molar-refractivity contribution in [2.45, 2.75) is 13.0 Å². The fraction of sp³-hybridized carbons (Fsp3) is 0.667. The average Bonchev–Trinajstić information content (AvgIpc) is 1.68. The van der Waals surface area contributed by atoms with E-state index >= 15 is 0 Å². The Bertz CT molecular complexity index is 82.9. The summed E-state index contributed by atoms with van der Waals surface area (Å²) in [5.74, 6) is -0.963. The zero-order valence-electron chi connectivity index (χ0n) is 5.29. The van der Waals surface area contributed by atoms with E-state index in [-0.39, 0.29) is 6.15 Å². The Hall–Kier alpha value is 0.658. The van der Waals surface area contributed by atoms with Crippen LogP contribution in [0.15, 0.2) is 0 Å². The Morgan fingerprint density at radius 1 is 1.70 bits per heavy atom. The Balaban J connectivity index is -0.000000107. The number of carboxylic acid groups (broad SMARTS) is 1. The quantitative estimate of drug-likeness (QED) is 0.639. The van der Waals surface area contributed by atoms with Crippen molar-refractivity contribution in [2.24, 2.45) is 5.73 Å². The van der Waals surface area contributed by atoms with Crippen LogP contribution >= 0.6 is 18.8 Å². The Morgan fingerprint density at radius 3 is 1.80 bits per heavy atom. The van der Waals surface area contributed by atoms with Gasteiger partial charge in [0, 0.05) is 0 Å². The van der Waals surface area contributed by atoms with Crippen LogP contribution in [0.5, 0.6) is 0 Å². The summed E-state index contributed by atoms with van der Waals surface area (Å²) in [5.41, 5.74) is 4.84. The molecule has 1 unspecified atom stereocenters. The summed E-state index contributed by atoms with van der Waals surface area (Å²) >= 11 is -0.472. The molecule has 0 aliphatic carbocycles. The zero-order valence-corrected chi connectivity index (χ0v) is 9.07. The molecule has 0 saturated heterocycles. The van der Waals surface area contributed by atoms with Crippen LogP contribution in [0, 0.1) is 0 Å². The molecular weight excluding hydrogens is 362 g/mol. The van der Waals surface area contributed by atoms with Gasteiger partial charge in [0.2, 0.25) is 0 Å². The fourth-order valence-electron chi connectivity index (χ4n) is 0. The van der Waals surface area contributed by atoms with Gasteiger partial charge in [0.05, 0.1) is 0 Å². The minimum atomic E-state index is -0.963. The molecule has 6 N–H and O–H groups in total. The molecule has 0 aliphatic rings. The Kier molecular flexibility index (Phi) is 20.9. The van der Waals surface area contributed by atoms with Crippen LogP contribution < -0.4 is 11.9 Å². The molecule has 0 saturated carbocycles. The Labute approximate surface area is 76.0 Å². The summed E-state index contributed by atoms with van der Waals surface area (Å²) in [6.07, 6.45) is 0. The molecule has 68 valence electrons. The second-order valence-corrected chi connectivity index (χ2v) is 4.45. The van der Waals surface area contributed by atoms with Crippen LogP contribution in [-0.4, -0.2) is 17.1 Å². The molecule has 0 rings (SSSR count). The van der Waals surface area contributed by atoms with Gasteiger partial charge in [-0.05, 0) is 6.92 Å². The first-order chi connectivity index (χ1) is 4.06. The third kappa shape index (κ3) is 23.4. The number of carboxylic acids is 1. The zero-order chi connectivity index (χ0) is 7.86. The van der Waals surface area contributed by atoms with Crippen LogP contribution in [0.3, 0.4) is 0 Å². The van der Waals surface area contributed by atoms with Crippen molar-refractivity contribution in [3.63, 3.8) is 0 Å². The molecule has 0 fully saturated rings. The van der Waals surface area contributed by atoms with Crippen molar-refractivity contribution in [1.29, 1.82) is 0 Å². The van der Waals surface area contributed by atoms with Crippen molar-refractivity contribution >= 4 is 24.8 Å². The summed E-state index contributed by atoms with van der Waals surface area (Å²) < 4.78 is 0. The maximum atomic E-state index is 9.57. The minimum absolute atomic E-state index is 0. The third-order valence-electron chi connectivity index (χ3n) is 0.390. The van der Waals surface area contributed by atoms with Gasteiger partial charge in [-0.2, -0.15) is 0 Å². The predicted molar refractivity (Wildman–Crippen MR) is 38.0 cm³/mol. The van der Waals surface area contributed by atoms with E-state index < -0.39 is 28.5 Å². The topological polar surface area (TPSA) is 98.3 Å². The van der Waals surface area contributed by atoms with E-state index in [9.17, 15) is 4.79 Å². The van der Waals surface area contributed by atoms with Gasteiger partial charge < -0.3 is 17.0 Å². The second kappa shape index (κ2) is 12.3. The monoisotopic (exact) mass is 371 g/mol. The molecule has 4 nitrogen and oxygen atoms in total. The van der Waals surface area contributed by atoms with E-state index in [1.54, 1.807) is 0 Å². The first kappa shape index (κ1) is 17.0. The fourth-order valence-corrected chi connectivity index (χ4v) is 0. The molecule has 0 amide bonds. The number of hydrogen-bond donors (Lipinski definition) is 3. The first-order valence-corrected chi connectivity index (χ1v) is 7.50. The summed E-state index contributed by atoms with van der Waals surface area (Å²) in [4.78, 5) is 9.57. The average molecular weight is 372 g/mol. The van der Waals surface area contributed by atoms with Gasteiger partial charge in [-0.15, -0.1) is 0 Å². The second-order valence-electron chi connectivity index (χ2n) is 1.17. The molecule has 0 heterocycles. The van der Waals surface area contributed by atoms with Crippen molar-refractivity contribution in [2.75, 3.05) is 0 Å². The van der Waals surface area contributed by atoms with Gasteiger partial charge in [-0.3, -0.25) is 4.79 Å². The van der Waals surface area contributed by atoms with Crippen LogP contribution in [0.1, 0.15) is 6.92 Å². The van der Waals surface area contributed by atoms with Crippen molar-refractivity contribution in [3.8, 4) is 0 Å². The van der Waals surface area contributed by atoms with Gasteiger partial charge in [0.15, 0.2) is 0 Å². The standard InChI is InChI=1S/C3H7NO2.2ClH.H3N.Pt/c1-2(4)3(5)6;;;;/h2H,4H2,1H3,(H,5,6);2*1H;1H3;/q;;;;+2/p-2. The van der Waals surface area contributed by atoms with E-state index in [1.807, 2.05) is 0 Å². The number of hydrogen-bond acceptors (Lipinski definition) is 3. The Morgan fingerprint density at radius 2 is 1.80 bits per heavy atom. The number of carbonyl (C=O) groups is 1. The van der Waals surface area contributed by atoms with Crippen molar-refractivity contribution < 1.29 is 26.4 Å². The molecule has 1 atom stereocenters. The van der Waals surface area contributed by atoms with Crippen LogP contribution in [0.4, 0.5) is 0 Å². The van der Waals surface area contributed by atoms with Crippen LogP contribution in [-0.2, 0) is 21.3 Å². The van der Waals surface area contributed by atoms with Gasteiger partial charge in [-0.25, -0.2) is 0 Å². The summed E-state index contributed by atoms with van der Waals surface area (Å²) in [6, 6.07) is -0.731. The molecule has 10 heavy (non-hydrogen) atoms. The van der Waals surface area contributed by atoms with E-state index in [4.69, 9.17) is 29.7 Å². The molecule has 0 spiro atoms. The summed E-state index contributed by atoms with van der Waals surface area (Å²) in [7, 11) is 9.75. The molecule has 0 aromatic heterocycles. The molecule has 0 aromatic rings. The molecule has 0 radical (unpaired) electrons. The molecular formula is C3H10Cl2N2O2Pt. The molecule has 0 bridgehead atoms. The first-order valence-electron chi connectivity index (χ1n) is 1.87. The number of nitrogens with two attached hydrogens (primary N) is 1. The van der Waals surface area contributed by atoms with Gasteiger partial charge in [-0.1, -0.05) is 0 Å². The van der Waals surface area contributed by atoms with E-state index in [2.05, 4.69) is 0 Å². The summed E-state index contributed by atoms with van der Waals surface area (Å²) in [5, 5.41) is 7.87. The molecule has 0 aliphatic heterocycles. The number of rotatable bonds is 1. The van der Waals surface area contributed by atoms with E-state index in [0.29, 0.717) is 0 Å². The van der Waals surface area contributed by atoms with Gasteiger partial charge >= 0.3 is 41.3 Å². The van der Waals surface area contributed by atoms with Crippen LogP contribution in [0.25, 0.3) is 0 Å². The number of aliphatic carboxylic acids is 1. The van der Waals surface area contributed by atoms with Crippen molar-refractivity contribution in [3.05, 3.63) is 0 Å². The van der Waals surface area contributed by atoms with E-state index in [0.717, 1.165) is 0 Å². The predicted octanol–water partition coefficient (Wildman–Crippen LogP) is 0.957. The molecule has 7 heteroatoms. The maximum absolute atomic E-state index is 9.57. The third-order valence-corrected chi connectivity index (χ3v) is 0.390. The van der Waals surface area contributed by atoms with Crippen LogP contribution in [0.2, 0.25) is 0 Å². The van der Waals surface area contributed by atoms with Gasteiger partial charge in [0.25, 0.3) is 0 Å². The van der Waals surface area contributed by atoms with Crippen molar-refractivity contribution in [1.82, 2.24) is 6.15 Å². The SMILES string of the molecule is CC(N)C(=O)O.N.[Cl][Pt][Cl].